The van der Waals surface area contributed by atoms with E-state index in [4.69, 9.17) is 0 Å². The molecule has 1 aliphatic carbocycles. The van der Waals surface area contributed by atoms with Crippen LogP contribution < -0.4 is 5.32 Å². The van der Waals surface area contributed by atoms with Crippen molar-refractivity contribution in [1.82, 2.24) is 19.8 Å². The molecular weight excluding hydrogens is 334 g/mol. The van der Waals surface area contributed by atoms with E-state index in [-0.39, 0.29) is 0 Å². The number of aryl methyl sites for hydroxylation is 1. The highest BCUT2D eigenvalue weighted by molar-refractivity contribution is 5.30. The molecule has 4 rings (SSSR count). The third-order valence-electron chi connectivity index (χ3n) is 5.89. The Morgan fingerprint density at radius 2 is 1.78 bits per heavy atom. The SMILES string of the molecule is CCCNc1ncc(CN2CCN(C3CCc4ccccc4C3)CC2)cn1. The van der Waals surface area contributed by atoms with Crippen LogP contribution >= 0.6 is 0 Å². The van der Waals surface area contributed by atoms with Crippen molar-refractivity contribution in [2.45, 2.75) is 45.2 Å². The Bertz CT molecular complexity index is 722. The van der Waals surface area contributed by atoms with Crippen LogP contribution in [0.5, 0.6) is 0 Å². The van der Waals surface area contributed by atoms with E-state index < -0.39 is 0 Å². The standard InChI is InChI=1S/C22H31N5/c1-2-9-23-22-24-15-18(16-25-22)17-26-10-12-27(13-11-26)21-8-7-19-5-3-4-6-20(19)14-21/h3-6,15-16,21H,2,7-14,17H2,1H3,(H,23,24,25). The average molecular weight is 366 g/mol. The van der Waals surface area contributed by atoms with E-state index in [1.807, 2.05) is 12.4 Å². The molecule has 1 aliphatic heterocycles. The lowest BCUT2D eigenvalue weighted by Crippen LogP contribution is -2.51. The van der Waals surface area contributed by atoms with Crippen molar-refractivity contribution in [2.75, 3.05) is 38.0 Å². The topological polar surface area (TPSA) is 44.3 Å². The van der Waals surface area contributed by atoms with E-state index >= 15 is 0 Å². The van der Waals surface area contributed by atoms with Gasteiger partial charge in [-0.25, -0.2) is 9.97 Å². The Kier molecular flexibility index (Phi) is 6.00. The summed E-state index contributed by atoms with van der Waals surface area (Å²) in [6.07, 6.45) is 8.77. The van der Waals surface area contributed by atoms with Crippen molar-refractivity contribution in [3.8, 4) is 0 Å². The zero-order valence-corrected chi connectivity index (χ0v) is 16.4. The molecule has 1 aromatic carbocycles. The number of aromatic nitrogens is 2. The second kappa shape index (κ2) is 8.81. The molecule has 1 N–H and O–H groups in total. The molecule has 5 nitrogen and oxygen atoms in total. The molecule has 0 radical (unpaired) electrons. The Morgan fingerprint density at radius 1 is 1.04 bits per heavy atom. The van der Waals surface area contributed by atoms with E-state index in [1.54, 1.807) is 11.1 Å². The van der Waals surface area contributed by atoms with E-state index in [9.17, 15) is 0 Å². The fraction of sp³-hybridized carbons (Fsp3) is 0.545. The van der Waals surface area contributed by atoms with Crippen molar-refractivity contribution < 1.29 is 0 Å². The van der Waals surface area contributed by atoms with Crippen molar-refractivity contribution in [1.29, 1.82) is 0 Å². The Morgan fingerprint density at radius 3 is 2.52 bits per heavy atom. The first-order valence-corrected chi connectivity index (χ1v) is 10.4. The lowest BCUT2D eigenvalue weighted by atomic mass is 9.87. The summed E-state index contributed by atoms with van der Waals surface area (Å²) in [5.74, 6) is 0.739. The van der Waals surface area contributed by atoms with Crippen LogP contribution in [0.4, 0.5) is 5.95 Å². The third-order valence-corrected chi connectivity index (χ3v) is 5.89. The lowest BCUT2D eigenvalue weighted by molar-refractivity contribution is 0.0855. The maximum absolute atomic E-state index is 4.43. The predicted octanol–water partition coefficient (Wildman–Crippen LogP) is 2.97. The maximum atomic E-state index is 4.43. The van der Waals surface area contributed by atoms with Gasteiger partial charge in [-0.05, 0) is 36.8 Å². The number of piperazine rings is 1. The summed E-state index contributed by atoms with van der Waals surface area (Å²) in [6, 6.07) is 9.69. The van der Waals surface area contributed by atoms with Crippen LogP contribution in [0.15, 0.2) is 36.7 Å². The van der Waals surface area contributed by atoms with Crippen molar-refractivity contribution >= 4 is 5.95 Å². The minimum atomic E-state index is 0.717. The molecule has 2 heterocycles. The Labute approximate surface area is 162 Å². The van der Waals surface area contributed by atoms with Crippen LogP contribution in [0, 0.1) is 0 Å². The number of nitrogens with one attached hydrogen (secondary N) is 1. The summed E-state index contributed by atoms with van der Waals surface area (Å²) in [7, 11) is 0. The van der Waals surface area contributed by atoms with Gasteiger partial charge < -0.3 is 5.32 Å². The number of nitrogens with zero attached hydrogens (tertiary/aromatic N) is 4. The summed E-state index contributed by atoms with van der Waals surface area (Å²) in [6.45, 7) is 8.63. The smallest absolute Gasteiger partial charge is 0.222 e. The minimum absolute atomic E-state index is 0.717. The molecule has 1 fully saturated rings. The lowest BCUT2D eigenvalue weighted by Gasteiger charge is -2.41. The number of benzene rings is 1. The zero-order valence-electron chi connectivity index (χ0n) is 16.4. The molecule has 2 aromatic rings. The molecule has 1 atom stereocenters. The molecule has 0 amide bonds. The monoisotopic (exact) mass is 365 g/mol. The van der Waals surface area contributed by atoms with Crippen molar-refractivity contribution in [3.05, 3.63) is 53.3 Å². The first-order valence-electron chi connectivity index (χ1n) is 10.4. The molecular formula is C22H31N5. The fourth-order valence-corrected chi connectivity index (χ4v) is 4.30. The number of hydrogen-bond acceptors (Lipinski definition) is 5. The van der Waals surface area contributed by atoms with Crippen LogP contribution in [0.2, 0.25) is 0 Å². The maximum Gasteiger partial charge on any atom is 0.222 e. The second-order valence-electron chi connectivity index (χ2n) is 7.82. The first kappa shape index (κ1) is 18.4. The zero-order chi connectivity index (χ0) is 18.5. The highest BCUT2D eigenvalue weighted by atomic mass is 15.3. The van der Waals surface area contributed by atoms with E-state index in [2.05, 4.69) is 56.3 Å². The van der Waals surface area contributed by atoms with Gasteiger partial charge in [0, 0.05) is 63.3 Å². The highest BCUT2D eigenvalue weighted by Gasteiger charge is 2.27. The van der Waals surface area contributed by atoms with Crippen LogP contribution in [-0.2, 0) is 19.4 Å². The van der Waals surface area contributed by atoms with Crippen LogP contribution in [0.3, 0.4) is 0 Å². The normalized spacial score (nSPS) is 21.0. The van der Waals surface area contributed by atoms with E-state index in [0.29, 0.717) is 6.04 Å². The molecule has 0 bridgehead atoms. The summed E-state index contributed by atoms with van der Waals surface area (Å²) in [5.41, 5.74) is 4.33. The number of anilines is 1. The van der Waals surface area contributed by atoms with Crippen LogP contribution in [-0.4, -0.2) is 58.5 Å². The third kappa shape index (κ3) is 4.66. The molecule has 0 saturated carbocycles. The first-order chi connectivity index (χ1) is 13.3. The van der Waals surface area contributed by atoms with Crippen LogP contribution in [0.1, 0.15) is 36.5 Å². The van der Waals surface area contributed by atoms with Gasteiger partial charge in [-0.3, -0.25) is 9.80 Å². The van der Waals surface area contributed by atoms with Gasteiger partial charge in [-0.1, -0.05) is 31.2 Å². The van der Waals surface area contributed by atoms with Gasteiger partial charge in [0.15, 0.2) is 0 Å². The summed E-state index contributed by atoms with van der Waals surface area (Å²) in [4.78, 5) is 14.1. The quantitative estimate of drug-likeness (QED) is 0.853. The number of hydrogen-bond donors (Lipinski definition) is 1. The summed E-state index contributed by atoms with van der Waals surface area (Å²) >= 11 is 0. The van der Waals surface area contributed by atoms with Gasteiger partial charge in [-0.2, -0.15) is 0 Å². The predicted molar refractivity (Wildman–Crippen MR) is 110 cm³/mol. The van der Waals surface area contributed by atoms with Gasteiger partial charge in [0.2, 0.25) is 5.95 Å². The highest BCUT2D eigenvalue weighted by Crippen LogP contribution is 2.25. The Hall–Kier alpha value is -1.98. The second-order valence-corrected chi connectivity index (χ2v) is 7.82. The van der Waals surface area contributed by atoms with Gasteiger partial charge in [0.1, 0.15) is 0 Å². The molecule has 2 aliphatic rings. The minimum Gasteiger partial charge on any atom is -0.354 e. The number of rotatable bonds is 6. The van der Waals surface area contributed by atoms with Gasteiger partial charge in [0.25, 0.3) is 0 Å². The molecule has 1 saturated heterocycles. The Balaban J connectivity index is 1.26. The van der Waals surface area contributed by atoms with Gasteiger partial charge >= 0.3 is 0 Å². The van der Waals surface area contributed by atoms with Crippen molar-refractivity contribution in [2.24, 2.45) is 0 Å². The van der Waals surface area contributed by atoms with Gasteiger partial charge in [-0.15, -0.1) is 0 Å². The molecule has 5 heteroatoms. The number of fused-ring (bicyclic) bond motifs is 1. The van der Waals surface area contributed by atoms with E-state index in [0.717, 1.165) is 38.5 Å². The van der Waals surface area contributed by atoms with E-state index in [1.165, 1.54) is 37.9 Å². The van der Waals surface area contributed by atoms with Gasteiger partial charge in [0.05, 0.1) is 0 Å². The molecule has 1 aromatic heterocycles. The molecule has 27 heavy (non-hydrogen) atoms. The van der Waals surface area contributed by atoms with Crippen molar-refractivity contribution in [3.63, 3.8) is 0 Å². The largest absolute Gasteiger partial charge is 0.354 e. The summed E-state index contributed by atoms with van der Waals surface area (Å²) in [5, 5.41) is 3.23. The molecule has 144 valence electrons. The van der Waals surface area contributed by atoms with Crippen LogP contribution in [0.25, 0.3) is 0 Å². The average Bonchev–Trinajstić information content (AvgIpc) is 2.73. The fourth-order valence-electron chi connectivity index (χ4n) is 4.30. The molecule has 1 unspecified atom stereocenters. The molecule has 0 spiro atoms. The summed E-state index contributed by atoms with van der Waals surface area (Å²) < 4.78 is 0.